The van der Waals surface area contributed by atoms with Crippen molar-refractivity contribution in [2.75, 3.05) is 62.5 Å². The molecule has 1 aliphatic carbocycles. The maximum absolute atomic E-state index is 15.4. The molecule has 25 heteroatoms. The van der Waals surface area contributed by atoms with Gasteiger partial charge in [-0.1, -0.05) is 29.8 Å². The van der Waals surface area contributed by atoms with Crippen molar-refractivity contribution in [1.82, 2.24) is 35.3 Å². The molecule has 1 saturated heterocycles. The fourth-order valence-corrected chi connectivity index (χ4v) is 11.3. The Bertz CT molecular complexity index is 3440. The lowest BCUT2D eigenvalue weighted by Crippen LogP contribution is -2.65. The van der Waals surface area contributed by atoms with Crippen molar-refractivity contribution in [2.45, 2.75) is 77.0 Å². The second-order valence-electron chi connectivity index (χ2n) is 19.4. The molecule has 3 aliphatic rings. The van der Waals surface area contributed by atoms with Crippen LogP contribution in [0.2, 0.25) is 5.02 Å². The topological polar surface area (TPSA) is 227 Å². The molecule has 5 heterocycles. The van der Waals surface area contributed by atoms with Crippen molar-refractivity contribution < 1.29 is 55.7 Å². The minimum atomic E-state index is -3.07. The number of benzene rings is 3. The molecule has 81 heavy (non-hydrogen) atoms. The summed E-state index contributed by atoms with van der Waals surface area (Å²) in [6.45, 7) is 6.76. The number of halogens is 5. The molecule has 19 nitrogen and oxygen atoms in total. The summed E-state index contributed by atoms with van der Waals surface area (Å²) in [6, 6.07) is 14.4. The number of anilines is 2. The minimum Gasteiger partial charge on any atom is -0.491 e. The van der Waals surface area contributed by atoms with Gasteiger partial charge in [0, 0.05) is 64.3 Å². The van der Waals surface area contributed by atoms with Crippen LogP contribution in [0.1, 0.15) is 82.6 Å². The van der Waals surface area contributed by atoms with Crippen LogP contribution in [-0.4, -0.2) is 131 Å². The molecule has 0 spiro atoms. The third-order valence-corrected chi connectivity index (χ3v) is 15.3. The van der Waals surface area contributed by atoms with E-state index in [1.165, 1.54) is 42.6 Å². The quantitative estimate of drug-likeness (QED) is 0.0571. The van der Waals surface area contributed by atoms with E-state index in [4.69, 9.17) is 30.8 Å². The second-order valence-corrected chi connectivity index (χ2v) is 21.0. The smallest absolute Gasteiger partial charge is 0.253 e. The normalized spacial score (nSPS) is 16.9. The summed E-state index contributed by atoms with van der Waals surface area (Å²) in [4.78, 5) is 84.0. The average Bonchev–Trinajstić information content (AvgIpc) is 3.94. The van der Waals surface area contributed by atoms with Gasteiger partial charge in [0.05, 0.1) is 55.8 Å². The Hall–Kier alpha value is -8.11. The van der Waals surface area contributed by atoms with Gasteiger partial charge in [-0.2, -0.15) is 5.26 Å². The Morgan fingerprint density at radius 1 is 0.951 bits per heavy atom. The number of carbonyl (C=O) groups excluding carboxylic acids is 5. The van der Waals surface area contributed by atoms with Crippen LogP contribution in [0.5, 0.6) is 5.75 Å². The number of fused-ring (bicyclic) bond motifs is 3. The molecule has 3 atom stereocenters. The third-order valence-electron chi connectivity index (χ3n) is 13.8. The number of rotatable bonds is 20. The van der Waals surface area contributed by atoms with Gasteiger partial charge >= 0.3 is 0 Å². The standard InChI is InChI=1S/C56H54ClF4N11O8S/c1-5-63-46(73)24-43-52-68-67-33(4)70(52)55-49(31(2)32(3)81-55)50(66-43)35-10-12-40(13-11-35)80-19-18-78-16-17-79-30-48(75)69-28-44(72(47(74)29-69)45-20-34(27-62)14-15-64-45)54(77)71(39-22-36(58)21-37(59)23-39)51(41-8-6-7-9-42(41)57)53(76)65-38-25-56(60,61)26-38/h6-15,20-23,38,43-44,51H,5,16-19,24-26,28-30H2,1-4H3,(H,63,73)(H,65,76)/t43-,44-,51-/m0/s1. The third kappa shape index (κ3) is 12.8. The predicted molar refractivity (Wildman–Crippen MR) is 290 cm³/mol. The number of thiophene rings is 1. The van der Waals surface area contributed by atoms with Crippen LogP contribution in [0.25, 0.3) is 5.00 Å². The number of ether oxygens (including phenoxy) is 3. The number of alkyl halides is 2. The second kappa shape index (κ2) is 24.7. The Balaban J connectivity index is 0.857. The van der Waals surface area contributed by atoms with E-state index in [0.717, 1.165) is 54.2 Å². The van der Waals surface area contributed by atoms with E-state index < -0.39 is 104 Å². The van der Waals surface area contributed by atoms with Crippen LogP contribution < -0.4 is 25.2 Å². The van der Waals surface area contributed by atoms with Gasteiger partial charge in [0.2, 0.25) is 23.6 Å². The number of nitrogens with one attached hydrogen (secondary N) is 2. The first kappa shape index (κ1) is 57.6. The van der Waals surface area contributed by atoms with Crippen LogP contribution in [-0.2, 0) is 33.4 Å². The first-order chi connectivity index (χ1) is 38.8. The van der Waals surface area contributed by atoms with E-state index in [-0.39, 0.29) is 60.7 Å². The molecular formula is C56H54ClF4N11O8S. The van der Waals surface area contributed by atoms with Gasteiger partial charge < -0.3 is 29.7 Å². The number of nitriles is 1. The zero-order chi connectivity index (χ0) is 57.7. The molecule has 0 unspecified atom stereocenters. The molecule has 2 N–H and O–H groups in total. The van der Waals surface area contributed by atoms with Crippen molar-refractivity contribution in [2.24, 2.45) is 4.99 Å². The van der Waals surface area contributed by atoms with Crippen LogP contribution in [0.15, 0.2) is 90.1 Å². The molecule has 422 valence electrons. The molecule has 3 aromatic carbocycles. The Kier molecular flexibility index (Phi) is 17.6. The van der Waals surface area contributed by atoms with Crippen LogP contribution in [0, 0.1) is 43.7 Å². The van der Waals surface area contributed by atoms with E-state index in [1.807, 2.05) is 62.6 Å². The number of aromatic nitrogens is 4. The van der Waals surface area contributed by atoms with Gasteiger partial charge in [0.25, 0.3) is 11.8 Å². The van der Waals surface area contributed by atoms with E-state index in [1.54, 1.807) is 11.3 Å². The summed E-state index contributed by atoms with van der Waals surface area (Å²) in [6.07, 6.45) is -0.129. The van der Waals surface area contributed by atoms with Crippen molar-refractivity contribution in [3.05, 3.63) is 146 Å². The summed E-state index contributed by atoms with van der Waals surface area (Å²) < 4.78 is 77.7. The molecule has 6 aromatic rings. The van der Waals surface area contributed by atoms with Crippen molar-refractivity contribution in [3.8, 4) is 16.8 Å². The Morgan fingerprint density at radius 3 is 2.37 bits per heavy atom. The van der Waals surface area contributed by atoms with E-state index in [9.17, 15) is 33.2 Å². The van der Waals surface area contributed by atoms with Gasteiger partial charge in [0.15, 0.2) is 5.82 Å². The van der Waals surface area contributed by atoms with Crippen molar-refractivity contribution >= 4 is 69.7 Å². The van der Waals surface area contributed by atoms with Gasteiger partial charge in [-0.25, -0.2) is 22.5 Å². The fourth-order valence-electron chi connectivity index (χ4n) is 9.80. The van der Waals surface area contributed by atoms with Crippen LogP contribution in [0.3, 0.4) is 0 Å². The van der Waals surface area contributed by atoms with Crippen molar-refractivity contribution in [3.63, 3.8) is 0 Å². The number of carbonyl (C=O) groups is 5. The number of hydrogen-bond acceptors (Lipinski definition) is 14. The first-order valence-electron chi connectivity index (χ1n) is 25.8. The van der Waals surface area contributed by atoms with E-state index in [2.05, 4.69) is 25.8 Å². The highest BCUT2D eigenvalue weighted by molar-refractivity contribution is 7.15. The number of amides is 5. The summed E-state index contributed by atoms with van der Waals surface area (Å²) in [5.74, 6) is -7.72. The Labute approximate surface area is 471 Å². The first-order valence-corrected chi connectivity index (χ1v) is 27.0. The highest BCUT2D eigenvalue weighted by Crippen LogP contribution is 2.42. The zero-order valence-corrected chi connectivity index (χ0v) is 45.8. The SMILES string of the molecule is CCNC(=O)C[C@@H]1N=C(c2ccc(OCCOCCOCC(=O)N3CC(=O)N(c4cc(C#N)ccn4)[C@H](C(=O)N(c4cc(F)cc(F)c4)[C@H](C(=O)NC4CC(F)(F)C4)c4ccccc4Cl)C3)cc2)c2c(sc(C)c2C)-n2c(C)nnc21. The van der Waals surface area contributed by atoms with Gasteiger partial charge in [-0.05, 0) is 87.9 Å². The zero-order valence-electron chi connectivity index (χ0n) is 44.3. The lowest BCUT2D eigenvalue weighted by molar-refractivity contribution is -0.143. The van der Waals surface area contributed by atoms with Gasteiger partial charge in [0.1, 0.15) is 71.9 Å². The van der Waals surface area contributed by atoms with E-state index in [0.29, 0.717) is 34.9 Å². The molecule has 3 aromatic heterocycles. The Morgan fingerprint density at radius 2 is 1.67 bits per heavy atom. The van der Waals surface area contributed by atoms with Crippen molar-refractivity contribution in [1.29, 1.82) is 5.26 Å². The molecule has 0 radical (unpaired) electrons. The molecule has 1 saturated carbocycles. The maximum atomic E-state index is 15.4. The summed E-state index contributed by atoms with van der Waals surface area (Å²) in [5, 5.41) is 24.7. The minimum absolute atomic E-state index is 0.0267. The lowest BCUT2D eigenvalue weighted by atomic mass is 9.87. The summed E-state index contributed by atoms with van der Waals surface area (Å²) >= 11 is 8.25. The number of piperazine rings is 1. The summed E-state index contributed by atoms with van der Waals surface area (Å²) in [5.41, 5.74) is 2.98. The predicted octanol–water partition coefficient (Wildman–Crippen LogP) is 7.22. The lowest BCUT2D eigenvalue weighted by Gasteiger charge is -2.43. The number of pyridine rings is 1. The monoisotopic (exact) mass is 1150 g/mol. The number of aliphatic imine (C=N–C) groups is 1. The van der Waals surface area contributed by atoms with Gasteiger partial charge in [-0.3, -0.25) is 43.3 Å². The maximum Gasteiger partial charge on any atom is 0.253 e. The highest BCUT2D eigenvalue weighted by Gasteiger charge is 2.49. The van der Waals surface area contributed by atoms with Crippen LogP contribution >= 0.6 is 22.9 Å². The average molecular weight is 1150 g/mol. The highest BCUT2D eigenvalue weighted by atomic mass is 35.5. The molecule has 2 fully saturated rings. The molecule has 9 rings (SSSR count). The fraction of sp³-hybridized carbons (Fsp3) is 0.357. The largest absolute Gasteiger partial charge is 0.491 e. The number of hydrogen-bond donors (Lipinski definition) is 2. The molecule has 0 bridgehead atoms. The van der Waals surface area contributed by atoms with Gasteiger partial charge in [-0.15, -0.1) is 21.5 Å². The number of nitrogens with zero attached hydrogens (tertiary/aromatic N) is 9. The molecular weight excluding hydrogens is 1100 g/mol. The van der Waals surface area contributed by atoms with Crippen LogP contribution in [0.4, 0.5) is 29.1 Å². The number of aryl methyl sites for hydroxylation is 2. The molecule has 2 aliphatic heterocycles. The summed E-state index contributed by atoms with van der Waals surface area (Å²) in [7, 11) is 0. The molecule has 5 amide bonds. The van der Waals surface area contributed by atoms with E-state index >= 15 is 13.6 Å².